The average Bonchev–Trinajstić information content (AvgIpc) is 2.10. The first-order valence-corrected chi connectivity index (χ1v) is 3.70. The van der Waals surface area contributed by atoms with Crippen LogP contribution in [0.2, 0.25) is 0 Å². The largest absolute Gasteiger partial charge is 0.459 e. The fourth-order valence-electron chi connectivity index (χ4n) is 0.508. The summed E-state index contributed by atoms with van der Waals surface area (Å²) in [5.74, 6) is -1.52. The summed E-state index contributed by atoms with van der Waals surface area (Å²) in [4.78, 5) is 10.2. The van der Waals surface area contributed by atoms with Crippen LogP contribution in [0.25, 0.3) is 0 Å². The number of hydrogen-bond acceptors (Lipinski definition) is 4. The van der Waals surface area contributed by atoms with Crippen molar-refractivity contribution < 1.29 is 27.8 Å². The fourth-order valence-corrected chi connectivity index (χ4v) is 0.508. The summed E-state index contributed by atoms with van der Waals surface area (Å²) in [7, 11) is 1.51. The van der Waals surface area contributed by atoms with Crippen molar-refractivity contribution in [2.45, 2.75) is 6.43 Å². The van der Waals surface area contributed by atoms with E-state index in [0.29, 0.717) is 13.2 Å². The van der Waals surface area contributed by atoms with Crippen LogP contribution in [0.5, 0.6) is 0 Å². The van der Waals surface area contributed by atoms with E-state index in [9.17, 15) is 13.6 Å². The number of rotatable bonds is 7. The standard InChI is InChI=1S/C7H12F2O4/c1-11-2-3-12-4-5-13-7(10)6(8)9/h6H,2-5H2,1H3. The third-order valence-corrected chi connectivity index (χ3v) is 1.08. The lowest BCUT2D eigenvalue weighted by Crippen LogP contribution is -2.17. The molecule has 0 fully saturated rings. The van der Waals surface area contributed by atoms with E-state index >= 15 is 0 Å². The molecule has 0 aromatic heterocycles. The van der Waals surface area contributed by atoms with Crippen molar-refractivity contribution in [1.29, 1.82) is 0 Å². The van der Waals surface area contributed by atoms with E-state index in [2.05, 4.69) is 9.47 Å². The van der Waals surface area contributed by atoms with Crippen molar-refractivity contribution in [3.63, 3.8) is 0 Å². The second-order valence-corrected chi connectivity index (χ2v) is 2.07. The molecule has 4 nitrogen and oxygen atoms in total. The van der Waals surface area contributed by atoms with E-state index in [-0.39, 0.29) is 13.2 Å². The monoisotopic (exact) mass is 198 g/mol. The Bertz CT molecular complexity index is 140. The molecule has 78 valence electrons. The highest BCUT2D eigenvalue weighted by atomic mass is 19.3. The van der Waals surface area contributed by atoms with Crippen LogP contribution >= 0.6 is 0 Å². The van der Waals surface area contributed by atoms with Crippen LogP contribution in [-0.2, 0) is 19.0 Å². The topological polar surface area (TPSA) is 44.8 Å². The molecule has 0 amide bonds. The van der Waals surface area contributed by atoms with E-state index in [4.69, 9.17) is 4.74 Å². The number of ether oxygens (including phenoxy) is 3. The van der Waals surface area contributed by atoms with Gasteiger partial charge in [0.15, 0.2) is 0 Å². The minimum atomic E-state index is -3.07. The molecule has 0 unspecified atom stereocenters. The lowest BCUT2D eigenvalue weighted by atomic mass is 10.7. The summed E-state index contributed by atoms with van der Waals surface area (Å²) in [6.07, 6.45) is -3.07. The quantitative estimate of drug-likeness (QED) is 0.440. The van der Waals surface area contributed by atoms with Crippen molar-refractivity contribution in [1.82, 2.24) is 0 Å². The molecule has 0 atom stereocenters. The number of alkyl halides is 2. The van der Waals surface area contributed by atoms with Crippen LogP contribution in [0, 0.1) is 0 Å². The molecule has 0 spiro atoms. The summed E-state index contributed by atoms with van der Waals surface area (Å²) in [5, 5.41) is 0. The Labute approximate surface area is 74.8 Å². The number of carbonyl (C=O) groups is 1. The lowest BCUT2D eigenvalue weighted by Gasteiger charge is -2.04. The van der Waals surface area contributed by atoms with Gasteiger partial charge in [0.2, 0.25) is 0 Å². The summed E-state index contributed by atoms with van der Waals surface area (Å²) in [6.45, 7) is 0.709. The van der Waals surface area contributed by atoms with Gasteiger partial charge in [-0.3, -0.25) is 0 Å². The number of carbonyl (C=O) groups excluding carboxylic acids is 1. The number of hydrogen-bond donors (Lipinski definition) is 0. The minimum Gasteiger partial charge on any atom is -0.459 e. The molecule has 0 rings (SSSR count). The van der Waals surface area contributed by atoms with Gasteiger partial charge in [-0.1, -0.05) is 0 Å². The SMILES string of the molecule is COCCOCCOC(=O)C(F)F. The van der Waals surface area contributed by atoms with E-state index in [1.807, 2.05) is 0 Å². The number of esters is 1. The van der Waals surface area contributed by atoms with Crippen molar-refractivity contribution >= 4 is 5.97 Å². The van der Waals surface area contributed by atoms with Crippen LogP contribution in [-0.4, -0.2) is 45.9 Å². The second kappa shape index (κ2) is 7.88. The van der Waals surface area contributed by atoms with Gasteiger partial charge in [-0.05, 0) is 0 Å². The molecule has 0 heterocycles. The number of halogens is 2. The van der Waals surface area contributed by atoms with E-state index < -0.39 is 12.4 Å². The van der Waals surface area contributed by atoms with Gasteiger partial charge in [-0.2, -0.15) is 8.78 Å². The predicted octanol–water partition coefficient (Wildman–Crippen LogP) is 0.458. The molecule has 0 radical (unpaired) electrons. The van der Waals surface area contributed by atoms with Gasteiger partial charge in [-0.25, -0.2) is 4.79 Å². The Hall–Kier alpha value is -0.750. The van der Waals surface area contributed by atoms with Gasteiger partial charge in [0.1, 0.15) is 6.61 Å². The van der Waals surface area contributed by atoms with Gasteiger partial charge in [0.25, 0.3) is 0 Å². The van der Waals surface area contributed by atoms with Gasteiger partial charge < -0.3 is 14.2 Å². The van der Waals surface area contributed by atoms with Crippen molar-refractivity contribution in [2.24, 2.45) is 0 Å². The number of methoxy groups -OCH3 is 1. The molecular formula is C7H12F2O4. The first kappa shape index (κ1) is 12.2. The maximum atomic E-state index is 11.5. The average molecular weight is 198 g/mol. The van der Waals surface area contributed by atoms with Gasteiger partial charge in [-0.15, -0.1) is 0 Å². The van der Waals surface area contributed by atoms with Gasteiger partial charge in [0, 0.05) is 7.11 Å². The van der Waals surface area contributed by atoms with Crippen molar-refractivity contribution in [3.05, 3.63) is 0 Å². The highest BCUT2D eigenvalue weighted by Crippen LogP contribution is 1.94. The highest BCUT2D eigenvalue weighted by Gasteiger charge is 2.15. The zero-order chi connectivity index (χ0) is 10.1. The molecule has 0 aliphatic carbocycles. The van der Waals surface area contributed by atoms with Crippen molar-refractivity contribution in [3.8, 4) is 0 Å². The Morgan fingerprint density at radius 2 is 1.85 bits per heavy atom. The first-order chi connectivity index (χ1) is 6.18. The molecule has 0 aromatic rings. The summed E-state index contributed by atoms with van der Waals surface area (Å²) >= 11 is 0. The second-order valence-electron chi connectivity index (χ2n) is 2.07. The molecular weight excluding hydrogens is 186 g/mol. The zero-order valence-electron chi connectivity index (χ0n) is 7.29. The highest BCUT2D eigenvalue weighted by molar-refractivity contribution is 5.72. The van der Waals surface area contributed by atoms with Crippen LogP contribution in [0.3, 0.4) is 0 Å². The molecule has 0 aliphatic rings. The Morgan fingerprint density at radius 3 is 2.38 bits per heavy atom. The smallest absolute Gasteiger partial charge is 0.373 e. The molecule has 0 bridgehead atoms. The van der Waals surface area contributed by atoms with E-state index in [1.54, 1.807) is 0 Å². The maximum Gasteiger partial charge on any atom is 0.373 e. The van der Waals surface area contributed by atoms with Crippen molar-refractivity contribution in [2.75, 3.05) is 33.5 Å². The van der Waals surface area contributed by atoms with Crippen LogP contribution < -0.4 is 0 Å². The molecule has 6 heteroatoms. The van der Waals surface area contributed by atoms with Crippen LogP contribution in [0.4, 0.5) is 8.78 Å². The third-order valence-electron chi connectivity index (χ3n) is 1.08. The van der Waals surface area contributed by atoms with Gasteiger partial charge >= 0.3 is 12.4 Å². The van der Waals surface area contributed by atoms with Crippen LogP contribution in [0.1, 0.15) is 0 Å². The first-order valence-electron chi connectivity index (χ1n) is 3.70. The molecule has 0 saturated heterocycles. The molecule has 0 saturated carbocycles. The van der Waals surface area contributed by atoms with Gasteiger partial charge in [0.05, 0.1) is 19.8 Å². The lowest BCUT2D eigenvalue weighted by molar-refractivity contribution is -0.158. The molecule has 0 N–H and O–H groups in total. The zero-order valence-corrected chi connectivity index (χ0v) is 7.29. The predicted molar refractivity (Wildman–Crippen MR) is 39.7 cm³/mol. The summed E-state index contributed by atoms with van der Waals surface area (Å²) in [6, 6.07) is 0. The van der Waals surface area contributed by atoms with Crippen LogP contribution in [0.15, 0.2) is 0 Å². The van der Waals surface area contributed by atoms with E-state index in [1.165, 1.54) is 7.11 Å². The molecule has 0 aliphatic heterocycles. The summed E-state index contributed by atoms with van der Waals surface area (Å²) in [5.41, 5.74) is 0. The Balaban J connectivity index is 3.12. The Morgan fingerprint density at radius 1 is 1.23 bits per heavy atom. The third kappa shape index (κ3) is 7.61. The van der Waals surface area contributed by atoms with E-state index in [0.717, 1.165) is 0 Å². The Kier molecular flexibility index (Phi) is 7.42. The molecule has 13 heavy (non-hydrogen) atoms. The maximum absolute atomic E-state index is 11.5. The fraction of sp³-hybridized carbons (Fsp3) is 0.857. The minimum absolute atomic E-state index is 0.0990. The summed E-state index contributed by atoms with van der Waals surface area (Å²) < 4.78 is 36.7. The normalized spacial score (nSPS) is 10.5. The molecule has 0 aromatic carbocycles.